The molecule has 0 saturated heterocycles. The smallest absolute Gasteiger partial charge is 0.180 e. The molecule has 0 rings (SSSR count). The molecule has 0 unspecified atom stereocenters. The molecule has 0 aromatic heterocycles. The van der Waals surface area contributed by atoms with Gasteiger partial charge in [-0.3, -0.25) is 9.79 Å². The van der Waals surface area contributed by atoms with Gasteiger partial charge in [-0.15, -0.1) is 0 Å². The van der Waals surface area contributed by atoms with Gasteiger partial charge in [-0.05, 0) is 19.8 Å². The summed E-state index contributed by atoms with van der Waals surface area (Å²) in [6.07, 6.45) is 7.11. The molecular formula is C11H19NO. The van der Waals surface area contributed by atoms with Crippen LogP contribution < -0.4 is 0 Å². The molecule has 74 valence electrons. The number of aliphatic imine (C=N–C) groups is 1. The van der Waals surface area contributed by atoms with E-state index in [2.05, 4.69) is 11.9 Å². The van der Waals surface area contributed by atoms with Crippen LogP contribution in [-0.4, -0.2) is 12.0 Å². The first-order chi connectivity index (χ1) is 6.26. The van der Waals surface area contributed by atoms with Gasteiger partial charge >= 0.3 is 0 Å². The molecule has 13 heavy (non-hydrogen) atoms. The first-order valence-corrected chi connectivity index (χ1v) is 4.98. The Labute approximate surface area is 80.8 Å². The summed E-state index contributed by atoms with van der Waals surface area (Å²) in [7, 11) is 0. The van der Waals surface area contributed by atoms with E-state index in [9.17, 15) is 4.79 Å². The van der Waals surface area contributed by atoms with Crippen LogP contribution in [0.15, 0.2) is 16.8 Å². The molecule has 0 heterocycles. The molecule has 2 nitrogen and oxygen atoms in total. The highest BCUT2D eigenvalue weighted by molar-refractivity contribution is 5.96. The summed E-state index contributed by atoms with van der Waals surface area (Å²) in [5.41, 5.74) is 0.607. The highest BCUT2D eigenvalue weighted by Gasteiger charge is 2.03. The van der Waals surface area contributed by atoms with Crippen molar-refractivity contribution in [1.29, 1.82) is 0 Å². The van der Waals surface area contributed by atoms with Crippen molar-refractivity contribution < 1.29 is 4.79 Å². The molecule has 0 fully saturated rings. The number of Topliss-reactive ketones (excluding diaryl/α,β-unsaturated/α-hetero) is 1. The zero-order valence-corrected chi connectivity index (χ0v) is 8.84. The number of carbonyl (C=O) groups is 1. The minimum absolute atomic E-state index is 0.150. The average Bonchev–Trinajstić information content (AvgIpc) is 2.13. The number of nitrogens with zero attached hydrogens (tertiary/aromatic N) is 1. The van der Waals surface area contributed by atoms with E-state index in [0.29, 0.717) is 12.1 Å². The van der Waals surface area contributed by atoms with Gasteiger partial charge in [-0.1, -0.05) is 26.3 Å². The monoisotopic (exact) mass is 181 g/mol. The number of hydrogen-bond donors (Lipinski definition) is 0. The summed E-state index contributed by atoms with van der Waals surface area (Å²) in [6, 6.07) is 0. The number of allylic oxidation sites excluding steroid dienone is 2. The fourth-order valence-corrected chi connectivity index (χ4v) is 0.955. The number of rotatable bonds is 6. The maximum absolute atomic E-state index is 11.4. The first kappa shape index (κ1) is 12.1. The van der Waals surface area contributed by atoms with Crippen molar-refractivity contribution in [2.24, 2.45) is 4.99 Å². The van der Waals surface area contributed by atoms with Crippen LogP contribution in [0.4, 0.5) is 0 Å². The van der Waals surface area contributed by atoms with Gasteiger partial charge in [0.05, 0.1) is 0 Å². The Morgan fingerprint density at radius 2 is 2.00 bits per heavy atom. The Bertz CT molecular complexity index is 204. The predicted octanol–water partition coefficient (Wildman–Crippen LogP) is 3.13. The van der Waals surface area contributed by atoms with Crippen LogP contribution >= 0.6 is 0 Å². The third-order valence-corrected chi connectivity index (χ3v) is 1.68. The molecule has 0 bridgehead atoms. The van der Waals surface area contributed by atoms with Gasteiger partial charge < -0.3 is 0 Å². The van der Waals surface area contributed by atoms with Crippen LogP contribution in [0.3, 0.4) is 0 Å². The Balaban J connectivity index is 4.11. The second-order valence-electron chi connectivity index (χ2n) is 2.95. The Hall–Kier alpha value is -0.920. The van der Waals surface area contributed by atoms with E-state index < -0.39 is 0 Å². The number of unbranched alkanes of at least 4 members (excludes halogenated alkanes) is 1. The summed E-state index contributed by atoms with van der Waals surface area (Å²) in [5.74, 6) is 0.150. The molecule has 0 aliphatic carbocycles. The molecule has 0 aromatic carbocycles. The lowest BCUT2D eigenvalue weighted by Crippen LogP contribution is -1.99. The van der Waals surface area contributed by atoms with E-state index in [-0.39, 0.29) is 5.78 Å². The molecule has 2 heteroatoms. The molecule has 0 saturated carbocycles. The van der Waals surface area contributed by atoms with Gasteiger partial charge in [0.1, 0.15) is 5.70 Å². The quantitative estimate of drug-likeness (QED) is 0.457. The summed E-state index contributed by atoms with van der Waals surface area (Å²) in [4.78, 5) is 15.5. The normalized spacial score (nSPS) is 12.4. The Morgan fingerprint density at radius 3 is 2.46 bits per heavy atom. The lowest BCUT2D eigenvalue weighted by molar-refractivity contribution is -0.115. The third kappa shape index (κ3) is 5.34. The highest BCUT2D eigenvalue weighted by Crippen LogP contribution is 2.03. The van der Waals surface area contributed by atoms with Crippen molar-refractivity contribution in [3.63, 3.8) is 0 Å². The predicted molar refractivity (Wildman–Crippen MR) is 57.1 cm³/mol. The maximum atomic E-state index is 11.4. The first-order valence-electron chi connectivity index (χ1n) is 4.98. The number of ketones is 1. The largest absolute Gasteiger partial charge is 0.292 e. The van der Waals surface area contributed by atoms with Crippen molar-refractivity contribution in [1.82, 2.24) is 0 Å². The Kier molecular flexibility index (Phi) is 7.17. The maximum Gasteiger partial charge on any atom is 0.180 e. The minimum atomic E-state index is 0.150. The van der Waals surface area contributed by atoms with Gasteiger partial charge in [0.25, 0.3) is 0 Å². The fraction of sp³-hybridized carbons (Fsp3) is 0.636. The highest BCUT2D eigenvalue weighted by atomic mass is 16.1. The average molecular weight is 181 g/mol. The van der Waals surface area contributed by atoms with E-state index in [1.54, 1.807) is 6.08 Å². The van der Waals surface area contributed by atoms with E-state index in [4.69, 9.17) is 0 Å². The van der Waals surface area contributed by atoms with Crippen molar-refractivity contribution in [3.8, 4) is 0 Å². The van der Waals surface area contributed by atoms with Crippen molar-refractivity contribution in [3.05, 3.63) is 11.8 Å². The molecule has 0 spiro atoms. The van der Waals surface area contributed by atoms with E-state index in [1.165, 1.54) is 0 Å². The second-order valence-corrected chi connectivity index (χ2v) is 2.95. The summed E-state index contributed by atoms with van der Waals surface area (Å²) in [5, 5.41) is 0. The van der Waals surface area contributed by atoms with Gasteiger partial charge in [0.2, 0.25) is 0 Å². The lowest BCUT2D eigenvalue weighted by Gasteiger charge is -1.97. The molecular weight excluding hydrogens is 162 g/mol. The van der Waals surface area contributed by atoms with Crippen LogP contribution in [0.5, 0.6) is 0 Å². The van der Waals surface area contributed by atoms with Crippen LogP contribution in [0, 0.1) is 0 Å². The topological polar surface area (TPSA) is 29.4 Å². The molecule has 0 aliphatic heterocycles. The molecule has 0 amide bonds. The van der Waals surface area contributed by atoms with Gasteiger partial charge in [0.15, 0.2) is 5.78 Å². The lowest BCUT2D eigenvalue weighted by atomic mass is 10.2. The molecule has 0 aromatic rings. The number of carbonyl (C=O) groups excluding carboxylic acids is 1. The zero-order valence-electron chi connectivity index (χ0n) is 8.84. The SMILES string of the molecule is C/C=C(\N=CCCC)C(=O)CCC. The molecule has 0 N–H and O–H groups in total. The summed E-state index contributed by atoms with van der Waals surface area (Å²) < 4.78 is 0. The van der Waals surface area contributed by atoms with Crippen LogP contribution in [-0.2, 0) is 4.79 Å². The van der Waals surface area contributed by atoms with E-state index in [0.717, 1.165) is 19.3 Å². The number of hydrogen-bond acceptors (Lipinski definition) is 2. The van der Waals surface area contributed by atoms with Gasteiger partial charge in [-0.2, -0.15) is 0 Å². The Morgan fingerprint density at radius 1 is 1.31 bits per heavy atom. The van der Waals surface area contributed by atoms with Crippen LogP contribution in [0.25, 0.3) is 0 Å². The molecule has 0 radical (unpaired) electrons. The van der Waals surface area contributed by atoms with Crippen molar-refractivity contribution >= 4 is 12.0 Å². The summed E-state index contributed by atoms with van der Waals surface area (Å²) in [6.45, 7) is 5.95. The fourth-order valence-electron chi connectivity index (χ4n) is 0.955. The second kappa shape index (κ2) is 7.71. The van der Waals surface area contributed by atoms with Crippen molar-refractivity contribution in [2.45, 2.75) is 46.5 Å². The standard InChI is InChI=1S/C11H19NO/c1-4-7-9-12-10(6-3)11(13)8-5-2/h6,9H,4-5,7-8H2,1-3H3/b10-6-,12-9?. The van der Waals surface area contributed by atoms with Crippen molar-refractivity contribution in [2.75, 3.05) is 0 Å². The molecule has 0 atom stereocenters. The van der Waals surface area contributed by atoms with E-state index >= 15 is 0 Å². The van der Waals surface area contributed by atoms with Gasteiger partial charge in [-0.25, -0.2) is 0 Å². The van der Waals surface area contributed by atoms with Crippen LogP contribution in [0.1, 0.15) is 46.5 Å². The minimum Gasteiger partial charge on any atom is -0.292 e. The van der Waals surface area contributed by atoms with Crippen LogP contribution in [0.2, 0.25) is 0 Å². The summed E-state index contributed by atoms with van der Waals surface area (Å²) >= 11 is 0. The third-order valence-electron chi connectivity index (χ3n) is 1.68. The molecule has 0 aliphatic rings. The van der Waals surface area contributed by atoms with E-state index in [1.807, 2.05) is 20.1 Å². The van der Waals surface area contributed by atoms with Gasteiger partial charge in [0, 0.05) is 12.6 Å². The zero-order chi connectivity index (χ0) is 10.1.